The van der Waals surface area contributed by atoms with Gasteiger partial charge in [-0.3, -0.25) is 4.79 Å². The van der Waals surface area contributed by atoms with Gasteiger partial charge in [0.15, 0.2) is 6.61 Å². The molecule has 2 aromatic rings. The number of aryl methyl sites for hydroxylation is 1. The number of halogens is 1. The highest BCUT2D eigenvalue weighted by molar-refractivity contribution is 5.91. The van der Waals surface area contributed by atoms with Crippen molar-refractivity contribution in [2.24, 2.45) is 0 Å². The van der Waals surface area contributed by atoms with Crippen molar-refractivity contribution in [3.05, 3.63) is 65.5 Å². The van der Waals surface area contributed by atoms with E-state index in [1.165, 1.54) is 6.07 Å². The summed E-state index contributed by atoms with van der Waals surface area (Å²) in [5.41, 5.74) is 2.12. The minimum absolute atomic E-state index is 0.235. The Kier molecular flexibility index (Phi) is 6.06. The topological polar surface area (TPSA) is 49.9 Å². The molecule has 1 aliphatic rings. The van der Waals surface area contributed by atoms with Gasteiger partial charge in [0.1, 0.15) is 5.82 Å². The van der Waals surface area contributed by atoms with Crippen molar-refractivity contribution in [1.82, 2.24) is 4.90 Å². The van der Waals surface area contributed by atoms with Crippen molar-refractivity contribution >= 4 is 17.6 Å². The molecule has 0 saturated carbocycles. The van der Waals surface area contributed by atoms with Crippen molar-refractivity contribution < 1.29 is 18.7 Å². The lowest BCUT2D eigenvalue weighted by Crippen LogP contribution is -2.50. The van der Waals surface area contributed by atoms with Gasteiger partial charge in [0.05, 0.1) is 11.3 Å². The predicted octanol–water partition coefficient (Wildman–Crippen LogP) is 2.89. The van der Waals surface area contributed by atoms with Crippen LogP contribution >= 0.6 is 0 Å². The molecule has 5 nitrogen and oxygen atoms in total. The van der Waals surface area contributed by atoms with Crippen LogP contribution in [0.1, 0.15) is 22.8 Å². The molecule has 0 radical (unpaired) electrons. The van der Waals surface area contributed by atoms with E-state index in [9.17, 15) is 14.0 Å². The van der Waals surface area contributed by atoms with Gasteiger partial charge < -0.3 is 14.5 Å². The number of anilines is 1. The van der Waals surface area contributed by atoms with Gasteiger partial charge in [-0.05, 0) is 36.2 Å². The van der Waals surface area contributed by atoms with Crippen LogP contribution in [0.15, 0.2) is 48.5 Å². The third kappa shape index (κ3) is 4.64. The van der Waals surface area contributed by atoms with Gasteiger partial charge in [-0.1, -0.05) is 31.2 Å². The Balaban J connectivity index is 1.48. The number of piperazine rings is 1. The molecule has 1 fully saturated rings. The maximum Gasteiger partial charge on any atom is 0.338 e. The van der Waals surface area contributed by atoms with Gasteiger partial charge in [-0.2, -0.15) is 0 Å². The molecular weight excluding hydrogens is 347 g/mol. The molecular formula is C21H23FN2O3. The van der Waals surface area contributed by atoms with E-state index in [0.717, 1.165) is 12.0 Å². The van der Waals surface area contributed by atoms with Crippen LogP contribution in [0, 0.1) is 5.82 Å². The molecule has 1 aliphatic heterocycles. The SMILES string of the molecule is CCc1ccc(C(=O)OCC(=O)N2CCN(c3ccccc3F)CC2)cc1. The van der Waals surface area contributed by atoms with E-state index < -0.39 is 5.97 Å². The molecule has 1 heterocycles. The fourth-order valence-electron chi connectivity index (χ4n) is 3.08. The van der Waals surface area contributed by atoms with Crippen LogP contribution in [0.5, 0.6) is 0 Å². The van der Waals surface area contributed by atoms with E-state index in [1.54, 1.807) is 35.2 Å². The lowest BCUT2D eigenvalue weighted by Gasteiger charge is -2.36. The quantitative estimate of drug-likeness (QED) is 0.760. The molecule has 1 saturated heterocycles. The first kappa shape index (κ1) is 18.9. The second-order valence-corrected chi connectivity index (χ2v) is 6.45. The summed E-state index contributed by atoms with van der Waals surface area (Å²) in [7, 11) is 0. The van der Waals surface area contributed by atoms with Crippen molar-refractivity contribution in [3.8, 4) is 0 Å². The van der Waals surface area contributed by atoms with Gasteiger partial charge >= 0.3 is 5.97 Å². The molecule has 0 spiro atoms. The van der Waals surface area contributed by atoms with Gasteiger partial charge in [0.25, 0.3) is 5.91 Å². The third-order valence-electron chi connectivity index (χ3n) is 4.75. The van der Waals surface area contributed by atoms with Gasteiger partial charge in [0, 0.05) is 26.2 Å². The second kappa shape index (κ2) is 8.66. The molecule has 27 heavy (non-hydrogen) atoms. The zero-order chi connectivity index (χ0) is 19.2. The number of carbonyl (C=O) groups excluding carboxylic acids is 2. The molecule has 6 heteroatoms. The van der Waals surface area contributed by atoms with Gasteiger partial charge in [0.2, 0.25) is 0 Å². The summed E-state index contributed by atoms with van der Waals surface area (Å²) >= 11 is 0. The maximum atomic E-state index is 13.9. The first-order valence-corrected chi connectivity index (χ1v) is 9.12. The largest absolute Gasteiger partial charge is 0.452 e. The monoisotopic (exact) mass is 370 g/mol. The fraction of sp³-hybridized carbons (Fsp3) is 0.333. The Morgan fingerprint density at radius 2 is 1.67 bits per heavy atom. The molecule has 142 valence electrons. The highest BCUT2D eigenvalue weighted by Gasteiger charge is 2.23. The summed E-state index contributed by atoms with van der Waals surface area (Å²) < 4.78 is 19.0. The normalized spacial score (nSPS) is 14.1. The molecule has 0 unspecified atom stereocenters. The second-order valence-electron chi connectivity index (χ2n) is 6.45. The van der Waals surface area contributed by atoms with Crippen LogP contribution in [0.3, 0.4) is 0 Å². The average Bonchev–Trinajstić information content (AvgIpc) is 2.72. The summed E-state index contributed by atoms with van der Waals surface area (Å²) in [6.45, 7) is 3.77. The number of rotatable bonds is 5. The minimum Gasteiger partial charge on any atom is -0.452 e. The highest BCUT2D eigenvalue weighted by Crippen LogP contribution is 2.20. The van der Waals surface area contributed by atoms with Crippen molar-refractivity contribution in [2.75, 3.05) is 37.7 Å². The summed E-state index contributed by atoms with van der Waals surface area (Å²) in [5.74, 6) is -1.00. The summed E-state index contributed by atoms with van der Waals surface area (Å²) in [4.78, 5) is 27.9. The van der Waals surface area contributed by atoms with E-state index in [1.807, 2.05) is 24.0 Å². The van der Waals surface area contributed by atoms with Crippen molar-refractivity contribution in [3.63, 3.8) is 0 Å². The Labute approximate surface area is 158 Å². The number of para-hydroxylation sites is 1. The lowest BCUT2D eigenvalue weighted by molar-refractivity contribution is -0.134. The number of esters is 1. The summed E-state index contributed by atoms with van der Waals surface area (Å²) in [6, 6.07) is 13.8. The van der Waals surface area contributed by atoms with Crippen LogP contribution in [0.2, 0.25) is 0 Å². The zero-order valence-electron chi connectivity index (χ0n) is 15.4. The standard InChI is InChI=1S/C21H23FN2O3/c1-2-16-7-9-17(10-8-16)21(26)27-15-20(25)24-13-11-23(12-14-24)19-6-4-3-5-18(19)22/h3-10H,2,11-15H2,1H3. The van der Waals surface area contributed by atoms with Crippen LogP contribution in [0.25, 0.3) is 0 Å². The molecule has 3 rings (SSSR count). The van der Waals surface area contributed by atoms with Gasteiger partial charge in [-0.25, -0.2) is 9.18 Å². The minimum atomic E-state index is -0.504. The van der Waals surface area contributed by atoms with Gasteiger partial charge in [-0.15, -0.1) is 0 Å². The van der Waals surface area contributed by atoms with Crippen LogP contribution in [-0.4, -0.2) is 49.6 Å². The Hall–Kier alpha value is -2.89. The number of carbonyl (C=O) groups is 2. The van der Waals surface area contributed by atoms with E-state index in [-0.39, 0.29) is 18.3 Å². The molecule has 1 amide bonds. The molecule has 0 aromatic heterocycles. The van der Waals surface area contributed by atoms with Crippen LogP contribution in [0.4, 0.5) is 10.1 Å². The summed E-state index contributed by atoms with van der Waals surface area (Å²) in [5, 5.41) is 0. The highest BCUT2D eigenvalue weighted by atomic mass is 19.1. The number of hydrogen-bond donors (Lipinski definition) is 0. The number of ether oxygens (including phenoxy) is 1. The van der Waals surface area contributed by atoms with E-state index in [0.29, 0.717) is 37.4 Å². The first-order valence-electron chi connectivity index (χ1n) is 9.12. The molecule has 0 N–H and O–H groups in total. The zero-order valence-corrected chi connectivity index (χ0v) is 15.4. The molecule has 0 atom stereocenters. The fourth-order valence-corrected chi connectivity index (χ4v) is 3.08. The number of nitrogens with zero attached hydrogens (tertiary/aromatic N) is 2. The molecule has 0 aliphatic carbocycles. The number of amides is 1. The van der Waals surface area contributed by atoms with E-state index >= 15 is 0 Å². The summed E-state index contributed by atoms with van der Waals surface area (Å²) in [6.07, 6.45) is 0.896. The Bertz CT molecular complexity index is 799. The number of benzene rings is 2. The smallest absolute Gasteiger partial charge is 0.338 e. The van der Waals surface area contributed by atoms with Crippen molar-refractivity contribution in [2.45, 2.75) is 13.3 Å². The predicted molar refractivity (Wildman–Crippen MR) is 101 cm³/mol. The Morgan fingerprint density at radius 3 is 2.30 bits per heavy atom. The van der Waals surface area contributed by atoms with Crippen LogP contribution < -0.4 is 4.90 Å². The first-order chi connectivity index (χ1) is 13.1. The average molecular weight is 370 g/mol. The van der Waals surface area contributed by atoms with E-state index in [4.69, 9.17) is 4.74 Å². The Morgan fingerprint density at radius 1 is 1.00 bits per heavy atom. The van der Waals surface area contributed by atoms with Crippen molar-refractivity contribution in [1.29, 1.82) is 0 Å². The molecule has 2 aromatic carbocycles. The molecule has 0 bridgehead atoms. The van der Waals surface area contributed by atoms with E-state index in [2.05, 4.69) is 0 Å². The lowest BCUT2D eigenvalue weighted by atomic mass is 10.1. The maximum absolute atomic E-state index is 13.9. The number of hydrogen-bond acceptors (Lipinski definition) is 4. The third-order valence-corrected chi connectivity index (χ3v) is 4.75. The van der Waals surface area contributed by atoms with Crippen LogP contribution in [-0.2, 0) is 16.0 Å².